The molecule has 0 amide bonds. The van der Waals surface area contributed by atoms with Crippen LogP contribution >= 0.6 is 0 Å². The van der Waals surface area contributed by atoms with Gasteiger partial charge in [0.25, 0.3) is 6.43 Å². The minimum Gasteiger partial charge on any atom is -0.382 e. The van der Waals surface area contributed by atoms with Gasteiger partial charge in [0.2, 0.25) is 5.95 Å². The van der Waals surface area contributed by atoms with Gasteiger partial charge in [0.05, 0.1) is 24.0 Å². The van der Waals surface area contributed by atoms with E-state index in [1.54, 1.807) is 19.1 Å². The van der Waals surface area contributed by atoms with E-state index in [2.05, 4.69) is 25.4 Å². The maximum Gasteiger partial charge on any atom is 0.256 e. The number of fused-ring (bicyclic) bond motifs is 2. The van der Waals surface area contributed by atoms with Crippen LogP contribution in [0.25, 0.3) is 27.9 Å². The van der Waals surface area contributed by atoms with E-state index in [1.165, 1.54) is 15.3 Å². The number of nitrogens with zero attached hydrogens (tertiary/aromatic N) is 6. The Kier molecular flexibility index (Phi) is 4.49. The van der Waals surface area contributed by atoms with Gasteiger partial charge in [0, 0.05) is 6.04 Å². The van der Waals surface area contributed by atoms with Crippen molar-refractivity contribution in [2.45, 2.75) is 45.7 Å². The molecule has 4 aromatic rings. The molecule has 1 atom stereocenters. The molecular formula is C20H21F3N8. The van der Waals surface area contributed by atoms with Crippen LogP contribution in [0.4, 0.5) is 24.9 Å². The fraction of sp³-hybridized carbons (Fsp3) is 0.400. The van der Waals surface area contributed by atoms with Crippen molar-refractivity contribution < 1.29 is 13.2 Å². The summed E-state index contributed by atoms with van der Waals surface area (Å²) < 4.78 is 43.6. The third-order valence-corrected chi connectivity index (χ3v) is 5.66. The summed E-state index contributed by atoms with van der Waals surface area (Å²) in [4.78, 5) is 13.0. The summed E-state index contributed by atoms with van der Waals surface area (Å²) in [7, 11) is 0. The largest absolute Gasteiger partial charge is 0.382 e. The summed E-state index contributed by atoms with van der Waals surface area (Å²) >= 11 is 0. The molecule has 8 nitrogen and oxygen atoms in total. The number of nitrogen functional groups attached to an aromatic ring is 1. The van der Waals surface area contributed by atoms with Gasteiger partial charge in [0.15, 0.2) is 17.3 Å². The number of nitrogens with one attached hydrogen (secondary N) is 1. The molecule has 1 aliphatic carbocycles. The molecule has 31 heavy (non-hydrogen) atoms. The molecular weight excluding hydrogens is 409 g/mol. The van der Waals surface area contributed by atoms with Gasteiger partial charge in [-0.1, -0.05) is 0 Å². The molecule has 4 heterocycles. The van der Waals surface area contributed by atoms with Gasteiger partial charge in [-0.3, -0.25) is 0 Å². The van der Waals surface area contributed by atoms with E-state index in [9.17, 15) is 13.2 Å². The first-order chi connectivity index (χ1) is 14.8. The van der Waals surface area contributed by atoms with Crippen LogP contribution < -0.4 is 11.1 Å². The Morgan fingerprint density at radius 1 is 1.23 bits per heavy atom. The van der Waals surface area contributed by atoms with Crippen molar-refractivity contribution in [1.29, 1.82) is 0 Å². The predicted molar refractivity (Wildman–Crippen MR) is 110 cm³/mol. The van der Waals surface area contributed by atoms with Crippen LogP contribution in [0.15, 0.2) is 18.3 Å². The third-order valence-electron chi connectivity index (χ3n) is 5.66. The van der Waals surface area contributed by atoms with Crippen molar-refractivity contribution in [3.05, 3.63) is 30.0 Å². The van der Waals surface area contributed by atoms with Crippen LogP contribution in [-0.4, -0.2) is 41.6 Å². The van der Waals surface area contributed by atoms with E-state index in [-0.39, 0.29) is 34.3 Å². The van der Waals surface area contributed by atoms with Gasteiger partial charge in [-0.15, -0.1) is 5.10 Å². The smallest absolute Gasteiger partial charge is 0.256 e. The zero-order valence-corrected chi connectivity index (χ0v) is 17.0. The second-order valence-electron chi connectivity index (χ2n) is 7.94. The lowest BCUT2D eigenvalue weighted by molar-refractivity contribution is 0.127. The van der Waals surface area contributed by atoms with Crippen LogP contribution in [-0.2, 0) is 6.54 Å². The standard InChI is InChI=1S/C20H21F3N8/c1-9(11-3-4-11)25-20-28-18(24)17-16(12(21)7-31(17)29-20)13-5-6-14-19(27-13)30(8-15(22)23)10(2)26-14/h5-7,9,11,15H,3-4,8H2,1-2H3,(H3,24,25,28,29)/t9-/m1/s1. The SMILES string of the molecule is Cc1nc2ccc(-c3c(F)cn4nc(N[C@H](C)C5CC5)nc(N)c34)nc2n1CC(F)F. The molecule has 5 rings (SSSR count). The number of aryl methyl sites for hydroxylation is 1. The summed E-state index contributed by atoms with van der Waals surface area (Å²) in [6.07, 6.45) is 0.957. The Labute approximate surface area is 175 Å². The first-order valence-electron chi connectivity index (χ1n) is 10.0. The molecule has 11 heteroatoms. The lowest BCUT2D eigenvalue weighted by Crippen LogP contribution is -2.20. The quantitative estimate of drug-likeness (QED) is 0.485. The number of nitrogens with two attached hydrogens (primary N) is 1. The first kappa shape index (κ1) is 19.6. The van der Waals surface area contributed by atoms with E-state index in [1.807, 2.05) is 6.92 Å². The minimum absolute atomic E-state index is 0.0959. The number of rotatable bonds is 6. The molecule has 0 unspecified atom stereocenters. The topological polar surface area (TPSA) is 98.9 Å². The van der Waals surface area contributed by atoms with E-state index >= 15 is 0 Å². The Bertz CT molecular complexity index is 1290. The average molecular weight is 430 g/mol. The van der Waals surface area contributed by atoms with E-state index < -0.39 is 18.8 Å². The highest BCUT2D eigenvalue weighted by Crippen LogP contribution is 2.35. The summed E-state index contributed by atoms with van der Waals surface area (Å²) in [5, 5.41) is 7.56. The highest BCUT2D eigenvalue weighted by atomic mass is 19.3. The van der Waals surface area contributed by atoms with E-state index in [4.69, 9.17) is 5.73 Å². The molecule has 4 aromatic heterocycles. The summed E-state index contributed by atoms with van der Waals surface area (Å²) in [5.74, 6) is 0.816. The van der Waals surface area contributed by atoms with Crippen LogP contribution in [0.3, 0.4) is 0 Å². The predicted octanol–water partition coefficient (Wildman–Crippen LogP) is 3.65. The zero-order valence-electron chi connectivity index (χ0n) is 17.0. The maximum absolute atomic E-state index is 15.0. The number of anilines is 2. The molecule has 162 valence electrons. The highest BCUT2D eigenvalue weighted by Gasteiger charge is 2.29. The minimum atomic E-state index is -2.57. The van der Waals surface area contributed by atoms with Crippen LogP contribution in [0.5, 0.6) is 0 Å². The molecule has 1 fully saturated rings. The lowest BCUT2D eigenvalue weighted by Gasteiger charge is -2.13. The van der Waals surface area contributed by atoms with Gasteiger partial charge >= 0.3 is 0 Å². The number of hydrogen-bond acceptors (Lipinski definition) is 6. The van der Waals surface area contributed by atoms with Crippen molar-refractivity contribution >= 4 is 28.4 Å². The number of imidazole rings is 1. The number of pyridine rings is 1. The molecule has 3 N–H and O–H groups in total. The van der Waals surface area contributed by atoms with Crippen LogP contribution in [0.1, 0.15) is 25.6 Å². The highest BCUT2D eigenvalue weighted by molar-refractivity contribution is 5.89. The maximum atomic E-state index is 15.0. The third kappa shape index (κ3) is 3.43. The Morgan fingerprint density at radius 2 is 2.00 bits per heavy atom. The number of hydrogen-bond donors (Lipinski definition) is 2. The van der Waals surface area contributed by atoms with Crippen LogP contribution in [0.2, 0.25) is 0 Å². The average Bonchev–Trinajstić information content (AvgIpc) is 3.44. The lowest BCUT2D eigenvalue weighted by atomic mass is 10.1. The Hall–Kier alpha value is -3.37. The van der Waals surface area contributed by atoms with Crippen molar-refractivity contribution in [1.82, 2.24) is 29.1 Å². The summed E-state index contributed by atoms with van der Waals surface area (Å²) in [5.41, 5.74) is 7.50. The molecule has 0 radical (unpaired) electrons. The normalized spacial score (nSPS) is 15.3. The molecule has 0 spiro atoms. The molecule has 0 saturated heterocycles. The Morgan fingerprint density at radius 3 is 2.71 bits per heavy atom. The fourth-order valence-electron chi connectivity index (χ4n) is 3.91. The molecule has 0 aromatic carbocycles. The molecule has 0 bridgehead atoms. The van der Waals surface area contributed by atoms with Crippen molar-refractivity contribution in [3.63, 3.8) is 0 Å². The first-order valence-corrected chi connectivity index (χ1v) is 10.0. The fourth-order valence-corrected chi connectivity index (χ4v) is 3.91. The van der Waals surface area contributed by atoms with E-state index in [0.29, 0.717) is 23.2 Å². The van der Waals surface area contributed by atoms with E-state index in [0.717, 1.165) is 12.8 Å². The summed E-state index contributed by atoms with van der Waals surface area (Å²) in [6, 6.07) is 3.40. The van der Waals surface area contributed by atoms with Gasteiger partial charge in [-0.05, 0) is 44.7 Å². The molecule has 1 aliphatic rings. The van der Waals surface area contributed by atoms with Crippen molar-refractivity contribution in [2.75, 3.05) is 11.1 Å². The zero-order chi connectivity index (χ0) is 21.9. The Balaban J connectivity index is 1.61. The number of alkyl halides is 2. The second-order valence-corrected chi connectivity index (χ2v) is 7.94. The van der Waals surface area contributed by atoms with Gasteiger partial charge in [0.1, 0.15) is 16.9 Å². The van der Waals surface area contributed by atoms with Crippen molar-refractivity contribution in [2.24, 2.45) is 5.92 Å². The molecule has 1 saturated carbocycles. The number of aromatic nitrogens is 6. The second kappa shape index (κ2) is 7.10. The van der Waals surface area contributed by atoms with Crippen LogP contribution in [0, 0.1) is 18.7 Å². The van der Waals surface area contributed by atoms with Gasteiger partial charge < -0.3 is 15.6 Å². The van der Waals surface area contributed by atoms with Gasteiger partial charge in [-0.25, -0.2) is 27.7 Å². The summed E-state index contributed by atoms with van der Waals surface area (Å²) in [6.45, 7) is 3.13. The number of halogens is 3. The van der Waals surface area contributed by atoms with Crippen molar-refractivity contribution in [3.8, 4) is 11.3 Å². The van der Waals surface area contributed by atoms with Gasteiger partial charge in [-0.2, -0.15) is 4.98 Å². The molecule has 0 aliphatic heterocycles. The monoisotopic (exact) mass is 430 g/mol.